The number of hydrogen-bond donors (Lipinski definition) is 0. The van der Waals surface area contributed by atoms with Crippen LogP contribution in [-0.4, -0.2) is 14.2 Å². The van der Waals surface area contributed by atoms with Crippen LogP contribution in [0.5, 0.6) is 5.75 Å². The number of halogens is 1. The average Bonchev–Trinajstić information content (AvgIpc) is 2.54. The molecule has 0 amide bonds. The minimum absolute atomic E-state index is 0.0279. The van der Waals surface area contributed by atoms with E-state index in [1.54, 1.807) is 49.4 Å². The summed E-state index contributed by atoms with van der Waals surface area (Å²) in [5.74, 6) is -0.155. The topological polar surface area (TPSA) is 60.4 Å². The minimum Gasteiger partial charge on any atom is -0.379 e. The standard InChI is InChI=1S/C17H15ClO4S/c1-2-16(19)15-5-3-4-6-17(15)22-23(20,21)12-11-13-7-9-14(18)10-8-13/h3-12H,2H2,1H3/b12-11+. The van der Waals surface area contributed by atoms with Crippen molar-refractivity contribution in [2.45, 2.75) is 13.3 Å². The van der Waals surface area contributed by atoms with Gasteiger partial charge in [-0.2, -0.15) is 8.42 Å². The monoisotopic (exact) mass is 350 g/mol. The molecular formula is C17H15ClO4S. The van der Waals surface area contributed by atoms with Crippen molar-refractivity contribution in [1.82, 2.24) is 0 Å². The molecule has 4 nitrogen and oxygen atoms in total. The van der Waals surface area contributed by atoms with Crippen LogP contribution < -0.4 is 4.18 Å². The molecule has 0 unspecified atom stereocenters. The van der Waals surface area contributed by atoms with E-state index in [0.29, 0.717) is 10.6 Å². The Hall–Kier alpha value is -2.11. The van der Waals surface area contributed by atoms with Gasteiger partial charge in [0, 0.05) is 11.4 Å². The third-order valence-electron chi connectivity index (χ3n) is 3.01. The third kappa shape index (κ3) is 4.94. The number of ketones is 1. The van der Waals surface area contributed by atoms with E-state index in [0.717, 1.165) is 5.41 Å². The van der Waals surface area contributed by atoms with Gasteiger partial charge in [-0.3, -0.25) is 4.79 Å². The maximum Gasteiger partial charge on any atom is 0.332 e. The Labute approximate surface area is 140 Å². The van der Waals surface area contributed by atoms with Gasteiger partial charge in [-0.25, -0.2) is 0 Å². The van der Waals surface area contributed by atoms with E-state index in [9.17, 15) is 13.2 Å². The SMILES string of the molecule is CCC(=O)c1ccccc1OS(=O)(=O)/C=C/c1ccc(Cl)cc1. The van der Waals surface area contributed by atoms with Gasteiger partial charge in [0.1, 0.15) is 0 Å². The van der Waals surface area contributed by atoms with Crippen LogP contribution in [0.4, 0.5) is 0 Å². The molecule has 0 radical (unpaired) electrons. The van der Waals surface area contributed by atoms with Gasteiger partial charge < -0.3 is 4.18 Å². The molecule has 2 rings (SSSR count). The molecule has 120 valence electrons. The van der Waals surface area contributed by atoms with Crippen LogP contribution in [0.25, 0.3) is 6.08 Å². The normalized spacial score (nSPS) is 11.6. The van der Waals surface area contributed by atoms with Gasteiger partial charge in [-0.05, 0) is 35.9 Å². The van der Waals surface area contributed by atoms with E-state index in [4.69, 9.17) is 15.8 Å². The lowest BCUT2D eigenvalue weighted by Gasteiger charge is -2.08. The number of hydrogen-bond acceptors (Lipinski definition) is 4. The van der Waals surface area contributed by atoms with Gasteiger partial charge in [0.05, 0.1) is 11.0 Å². The molecule has 0 aliphatic carbocycles. The number of benzene rings is 2. The first-order valence-electron chi connectivity index (χ1n) is 6.91. The molecule has 0 aliphatic heterocycles. The predicted octanol–water partition coefficient (Wildman–Crippen LogP) is 4.31. The van der Waals surface area contributed by atoms with Crippen molar-refractivity contribution >= 4 is 33.6 Å². The highest BCUT2D eigenvalue weighted by Gasteiger charge is 2.15. The zero-order valence-corrected chi connectivity index (χ0v) is 14.0. The fourth-order valence-electron chi connectivity index (χ4n) is 1.85. The lowest BCUT2D eigenvalue weighted by Crippen LogP contribution is -2.09. The molecule has 0 saturated carbocycles. The second-order valence-electron chi connectivity index (χ2n) is 4.70. The van der Waals surface area contributed by atoms with Gasteiger partial charge in [-0.15, -0.1) is 0 Å². The minimum atomic E-state index is -3.97. The summed E-state index contributed by atoms with van der Waals surface area (Å²) >= 11 is 5.77. The smallest absolute Gasteiger partial charge is 0.332 e. The molecule has 0 bridgehead atoms. The first kappa shape index (κ1) is 17.2. The Bertz CT molecular complexity index is 824. The van der Waals surface area contributed by atoms with Crippen molar-refractivity contribution in [3.8, 4) is 5.75 Å². The molecular weight excluding hydrogens is 336 g/mol. The molecule has 0 heterocycles. The quantitative estimate of drug-likeness (QED) is 0.575. The maximum atomic E-state index is 12.1. The van der Waals surface area contributed by atoms with E-state index in [1.165, 1.54) is 12.1 Å². The molecule has 0 N–H and O–H groups in total. The summed E-state index contributed by atoms with van der Waals surface area (Å²) in [6.07, 6.45) is 1.66. The van der Waals surface area contributed by atoms with Crippen molar-refractivity contribution in [2.75, 3.05) is 0 Å². The van der Waals surface area contributed by atoms with E-state index < -0.39 is 10.1 Å². The van der Waals surface area contributed by atoms with Crippen molar-refractivity contribution in [2.24, 2.45) is 0 Å². The van der Waals surface area contributed by atoms with Crippen LogP contribution in [0.3, 0.4) is 0 Å². The van der Waals surface area contributed by atoms with Crippen molar-refractivity contribution < 1.29 is 17.4 Å². The molecule has 0 atom stereocenters. The number of carbonyl (C=O) groups is 1. The molecule has 0 aliphatic rings. The van der Waals surface area contributed by atoms with Gasteiger partial charge in [0.25, 0.3) is 0 Å². The van der Waals surface area contributed by atoms with Gasteiger partial charge in [0.15, 0.2) is 11.5 Å². The summed E-state index contributed by atoms with van der Waals surface area (Å²) in [6.45, 7) is 1.70. The van der Waals surface area contributed by atoms with E-state index >= 15 is 0 Å². The van der Waals surface area contributed by atoms with Gasteiger partial charge >= 0.3 is 10.1 Å². The zero-order chi connectivity index (χ0) is 16.9. The molecule has 23 heavy (non-hydrogen) atoms. The van der Waals surface area contributed by atoms with Gasteiger partial charge in [0.2, 0.25) is 0 Å². The predicted molar refractivity (Wildman–Crippen MR) is 91.1 cm³/mol. The Kier molecular flexibility index (Phi) is 5.58. The Morgan fingerprint density at radius 2 is 1.78 bits per heavy atom. The summed E-state index contributed by atoms with van der Waals surface area (Å²) in [4.78, 5) is 11.8. The molecule has 0 fully saturated rings. The highest BCUT2D eigenvalue weighted by molar-refractivity contribution is 7.90. The number of rotatable bonds is 6. The summed E-state index contributed by atoms with van der Waals surface area (Å²) in [7, 11) is -3.97. The summed E-state index contributed by atoms with van der Waals surface area (Å²) in [6, 6.07) is 12.9. The molecule has 0 spiro atoms. The van der Waals surface area contributed by atoms with Crippen LogP contribution in [-0.2, 0) is 10.1 Å². The maximum absolute atomic E-state index is 12.1. The number of para-hydroxylation sites is 1. The van der Waals surface area contributed by atoms with Crippen LogP contribution in [0.1, 0.15) is 29.3 Å². The highest BCUT2D eigenvalue weighted by atomic mass is 35.5. The Morgan fingerprint density at radius 1 is 1.13 bits per heavy atom. The second kappa shape index (κ2) is 7.44. The fourth-order valence-corrected chi connectivity index (χ4v) is 2.75. The summed E-state index contributed by atoms with van der Waals surface area (Å²) in [5, 5.41) is 1.51. The van der Waals surface area contributed by atoms with E-state index in [2.05, 4.69) is 0 Å². The number of carbonyl (C=O) groups excluding carboxylic acids is 1. The zero-order valence-electron chi connectivity index (χ0n) is 12.4. The average molecular weight is 351 g/mol. The lowest BCUT2D eigenvalue weighted by atomic mass is 10.1. The fraction of sp³-hybridized carbons (Fsp3) is 0.118. The first-order valence-corrected chi connectivity index (χ1v) is 8.76. The molecule has 0 aromatic heterocycles. The molecule has 6 heteroatoms. The van der Waals surface area contributed by atoms with Crippen LogP contribution in [0.15, 0.2) is 53.9 Å². The van der Waals surface area contributed by atoms with E-state index in [1.807, 2.05) is 0 Å². The molecule has 0 saturated heterocycles. The molecule has 2 aromatic rings. The third-order valence-corrected chi connectivity index (χ3v) is 4.14. The van der Waals surface area contributed by atoms with Crippen molar-refractivity contribution in [1.29, 1.82) is 0 Å². The highest BCUT2D eigenvalue weighted by Crippen LogP contribution is 2.22. The first-order chi connectivity index (χ1) is 10.9. The van der Waals surface area contributed by atoms with Crippen molar-refractivity contribution in [3.63, 3.8) is 0 Å². The van der Waals surface area contributed by atoms with Crippen LogP contribution in [0, 0.1) is 0 Å². The number of Topliss-reactive ketones (excluding diaryl/α,β-unsaturated/α-hetero) is 1. The largest absolute Gasteiger partial charge is 0.379 e. The lowest BCUT2D eigenvalue weighted by molar-refractivity contribution is 0.0986. The molecule has 2 aromatic carbocycles. The summed E-state index contributed by atoms with van der Waals surface area (Å²) < 4.78 is 29.2. The van der Waals surface area contributed by atoms with Crippen LogP contribution in [0.2, 0.25) is 5.02 Å². The van der Waals surface area contributed by atoms with Gasteiger partial charge in [-0.1, -0.05) is 42.8 Å². The Morgan fingerprint density at radius 3 is 2.43 bits per heavy atom. The second-order valence-corrected chi connectivity index (χ2v) is 6.56. The Balaban J connectivity index is 2.22. The van der Waals surface area contributed by atoms with Crippen molar-refractivity contribution in [3.05, 3.63) is 70.1 Å². The van der Waals surface area contributed by atoms with Crippen LogP contribution >= 0.6 is 11.6 Å². The summed E-state index contributed by atoms with van der Waals surface area (Å²) in [5.41, 5.74) is 0.915. The van der Waals surface area contributed by atoms with E-state index in [-0.39, 0.29) is 23.5 Å².